The normalized spacial score (nSPS) is 11.8. The molecule has 0 aliphatic carbocycles. The molecule has 3 aromatic heterocycles. The SMILES string of the molecule is Cc1ccnc(-n2c3ccccc3c3ccc(Oc4cccc(-n5nc(C)c(-c6c(C(C)C)c(C)c(C)c(C)c6C(C)C)c5C)c4)cc32)c1. The summed E-state index contributed by atoms with van der Waals surface area (Å²) in [6, 6.07) is 27.2. The molecule has 0 bridgehead atoms. The van der Waals surface area contributed by atoms with E-state index in [2.05, 4.69) is 139 Å². The van der Waals surface area contributed by atoms with Crippen molar-refractivity contribution in [1.29, 1.82) is 0 Å². The molecule has 5 heteroatoms. The average molecular weight is 647 g/mol. The molecule has 0 amide bonds. The highest BCUT2D eigenvalue weighted by molar-refractivity contribution is 6.09. The molecule has 0 fully saturated rings. The van der Waals surface area contributed by atoms with Gasteiger partial charge in [0.15, 0.2) is 0 Å². The van der Waals surface area contributed by atoms with Gasteiger partial charge in [0.1, 0.15) is 17.3 Å². The molecule has 5 nitrogen and oxygen atoms in total. The zero-order valence-corrected chi connectivity index (χ0v) is 30.4. The molecule has 0 N–H and O–H groups in total. The van der Waals surface area contributed by atoms with Gasteiger partial charge in [-0.3, -0.25) is 4.57 Å². The maximum absolute atomic E-state index is 6.59. The van der Waals surface area contributed by atoms with E-state index in [4.69, 9.17) is 14.8 Å². The predicted molar refractivity (Wildman–Crippen MR) is 204 cm³/mol. The number of aryl methyl sites for hydroxylation is 2. The zero-order chi connectivity index (χ0) is 34.7. The van der Waals surface area contributed by atoms with Crippen LogP contribution in [-0.2, 0) is 0 Å². The molecule has 0 unspecified atom stereocenters. The molecule has 0 aliphatic rings. The van der Waals surface area contributed by atoms with Crippen molar-refractivity contribution in [2.24, 2.45) is 0 Å². The van der Waals surface area contributed by atoms with Gasteiger partial charge in [-0.2, -0.15) is 5.10 Å². The zero-order valence-electron chi connectivity index (χ0n) is 30.4. The van der Waals surface area contributed by atoms with Gasteiger partial charge in [0.05, 0.1) is 22.4 Å². The van der Waals surface area contributed by atoms with Crippen molar-refractivity contribution in [2.45, 2.75) is 81.1 Å². The largest absolute Gasteiger partial charge is 0.457 e. The van der Waals surface area contributed by atoms with E-state index in [-0.39, 0.29) is 0 Å². The van der Waals surface area contributed by atoms with Crippen molar-refractivity contribution in [3.05, 3.63) is 130 Å². The molecule has 0 atom stereocenters. The van der Waals surface area contributed by atoms with E-state index < -0.39 is 0 Å². The van der Waals surface area contributed by atoms with Crippen LogP contribution < -0.4 is 4.74 Å². The quantitative estimate of drug-likeness (QED) is 0.173. The Hall–Kier alpha value is -5.16. The van der Waals surface area contributed by atoms with Crippen LogP contribution in [0.4, 0.5) is 0 Å². The number of nitrogens with zero attached hydrogens (tertiary/aromatic N) is 4. The van der Waals surface area contributed by atoms with Crippen LogP contribution >= 0.6 is 0 Å². The summed E-state index contributed by atoms with van der Waals surface area (Å²) < 4.78 is 10.9. The first-order chi connectivity index (χ1) is 23.5. The Morgan fingerprint density at radius 3 is 1.98 bits per heavy atom. The highest BCUT2D eigenvalue weighted by Crippen LogP contribution is 2.44. The van der Waals surface area contributed by atoms with E-state index in [0.717, 1.165) is 45.4 Å². The lowest BCUT2D eigenvalue weighted by atomic mass is 9.77. The van der Waals surface area contributed by atoms with Crippen molar-refractivity contribution >= 4 is 21.8 Å². The first-order valence-electron chi connectivity index (χ1n) is 17.4. The first-order valence-corrected chi connectivity index (χ1v) is 17.4. The van der Waals surface area contributed by atoms with Gasteiger partial charge in [-0.05, 0) is 135 Å². The van der Waals surface area contributed by atoms with Gasteiger partial charge in [-0.15, -0.1) is 0 Å². The molecule has 0 saturated carbocycles. The smallest absolute Gasteiger partial charge is 0.137 e. The third-order valence-corrected chi connectivity index (χ3v) is 10.2. The Morgan fingerprint density at radius 1 is 0.612 bits per heavy atom. The van der Waals surface area contributed by atoms with Crippen molar-refractivity contribution in [3.8, 4) is 34.1 Å². The van der Waals surface area contributed by atoms with Crippen molar-refractivity contribution in [2.75, 3.05) is 0 Å². The van der Waals surface area contributed by atoms with Crippen LogP contribution in [0.3, 0.4) is 0 Å². The molecular weight excluding hydrogens is 601 g/mol. The number of aromatic nitrogens is 4. The Kier molecular flexibility index (Phi) is 8.18. The molecule has 248 valence electrons. The number of ether oxygens (including phenoxy) is 1. The summed E-state index contributed by atoms with van der Waals surface area (Å²) >= 11 is 0. The lowest BCUT2D eigenvalue weighted by Gasteiger charge is -2.27. The van der Waals surface area contributed by atoms with Gasteiger partial charge in [0, 0.05) is 40.4 Å². The molecule has 4 aromatic carbocycles. The summed E-state index contributed by atoms with van der Waals surface area (Å²) in [5.41, 5.74) is 16.2. The molecule has 0 saturated heterocycles. The molecule has 0 radical (unpaired) electrons. The van der Waals surface area contributed by atoms with Gasteiger partial charge >= 0.3 is 0 Å². The van der Waals surface area contributed by atoms with E-state index in [0.29, 0.717) is 11.8 Å². The summed E-state index contributed by atoms with van der Waals surface area (Å²) in [4.78, 5) is 4.74. The monoisotopic (exact) mass is 646 g/mol. The van der Waals surface area contributed by atoms with Crippen LogP contribution in [0.2, 0.25) is 0 Å². The van der Waals surface area contributed by atoms with Crippen LogP contribution in [-0.4, -0.2) is 19.3 Å². The number of para-hydroxylation sites is 1. The van der Waals surface area contributed by atoms with Crippen molar-refractivity contribution < 1.29 is 4.74 Å². The van der Waals surface area contributed by atoms with E-state index in [1.54, 1.807) is 0 Å². The lowest BCUT2D eigenvalue weighted by molar-refractivity contribution is 0.482. The molecule has 49 heavy (non-hydrogen) atoms. The van der Waals surface area contributed by atoms with Crippen LogP contribution in [0, 0.1) is 41.5 Å². The van der Waals surface area contributed by atoms with E-state index in [1.165, 1.54) is 55.3 Å². The summed E-state index contributed by atoms with van der Waals surface area (Å²) in [5.74, 6) is 3.21. The third kappa shape index (κ3) is 5.42. The van der Waals surface area contributed by atoms with Crippen molar-refractivity contribution in [3.63, 3.8) is 0 Å². The summed E-state index contributed by atoms with van der Waals surface area (Å²) in [6.45, 7) is 22.6. The maximum atomic E-state index is 6.59. The topological polar surface area (TPSA) is 44.9 Å². The number of benzene rings is 4. The number of fused-ring (bicyclic) bond motifs is 3. The second-order valence-electron chi connectivity index (χ2n) is 14.2. The fourth-order valence-corrected chi connectivity index (χ4v) is 7.89. The fraction of sp³-hybridized carbons (Fsp3) is 0.273. The van der Waals surface area contributed by atoms with Gasteiger partial charge in [-0.25, -0.2) is 9.67 Å². The number of hydrogen-bond acceptors (Lipinski definition) is 3. The second kappa shape index (κ2) is 12.4. The maximum Gasteiger partial charge on any atom is 0.137 e. The minimum absolute atomic E-state index is 0.392. The van der Waals surface area contributed by atoms with E-state index >= 15 is 0 Å². The fourth-order valence-electron chi connectivity index (χ4n) is 7.89. The van der Waals surface area contributed by atoms with E-state index in [9.17, 15) is 0 Å². The van der Waals surface area contributed by atoms with Gasteiger partial charge in [0.2, 0.25) is 0 Å². The molecule has 3 heterocycles. The average Bonchev–Trinajstić information content (AvgIpc) is 3.55. The lowest BCUT2D eigenvalue weighted by Crippen LogP contribution is -2.09. The summed E-state index contributed by atoms with van der Waals surface area (Å²) in [7, 11) is 0. The van der Waals surface area contributed by atoms with Crippen molar-refractivity contribution in [1.82, 2.24) is 19.3 Å². The summed E-state index contributed by atoms with van der Waals surface area (Å²) in [5, 5.41) is 7.51. The number of pyridine rings is 1. The number of rotatable bonds is 7. The predicted octanol–water partition coefficient (Wildman–Crippen LogP) is 11.9. The Morgan fingerprint density at radius 2 is 1.29 bits per heavy atom. The van der Waals surface area contributed by atoms with Gasteiger partial charge < -0.3 is 4.74 Å². The highest BCUT2D eigenvalue weighted by Gasteiger charge is 2.27. The van der Waals surface area contributed by atoms with Gasteiger partial charge in [-0.1, -0.05) is 52.0 Å². The minimum atomic E-state index is 0.392. The molecule has 7 aromatic rings. The van der Waals surface area contributed by atoms with Crippen LogP contribution in [0.1, 0.15) is 84.3 Å². The Labute approximate surface area is 290 Å². The molecule has 7 rings (SSSR count). The third-order valence-electron chi connectivity index (χ3n) is 10.2. The van der Waals surface area contributed by atoms with E-state index in [1.807, 2.05) is 24.4 Å². The van der Waals surface area contributed by atoms with Crippen LogP contribution in [0.15, 0.2) is 85.1 Å². The van der Waals surface area contributed by atoms with Gasteiger partial charge in [0.25, 0.3) is 0 Å². The number of hydrogen-bond donors (Lipinski definition) is 0. The summed E-state index contributed by atoms with van der Waals surface area (Å²) in [6.07, 6.45) is 1.87. The Bertz CT molecular complexity index is 2350. The second-order valence-corrected chi connectivity index (χ2v) is 14.2. The van der Waals surface area contributed by atoms with Crippen LogP contribution in [0.5, 0.6) is 11.5 Å². The Balaban J connectivity index is 1.32. The molecule has 0 spiro atoms. The molecular formula is C44H46N4O. The standard InChI is InChI=1S/C44H46N4O/c1-25(2)41-29(7)28(6)30(8)42(26(3)4)44(41)43-31(9)46-48(32(43)10)33-14-13-15-34(23-33)49-35-18-19-37-36-16-11-12-17-38(36)47(39(37)24-35)40-22-27(5)20-21-45-40/h11-26H,1-10H3. The molecule has 0 aliphatic heterocycles. The highest BCUT2D eigenvalue weighted by atomic mass is 16.5. The first kappa shape index (κ1) is 32.4. The van der Waals surface area contributed by atoms with Crippen LogP contribution in [0.25, 0.3) is 44.4 Å². The minimum Gasteiger partial charge on any atom is -0.457 e.